The molecule has 0 fully saturated rings. The predicted molar refractivity (Wildman–Crippen MR) is 70.6 cm³/mol. The number of fused-ring (bicyclic) bond motifs is 1. The molecule has 1 heterocycles. The molecule has 0 aliphatic carbocycles. The Morgan fingerprint density at radius 3 is 3.06 bits per heavy atom. The molecule has 0 saturated carbocycles. The van der Waals surface area contributed by atoms with Crippen LogP contribution >= 0.6 is 11.6 Å². The minimum absolute atomic E-state index is 0.173. The van der Waals surface area contributed by atoms with Crippen molar-refractivity contribution in [1.29, 1.82) is 0 Å². The zero-order valence-corrected chi connectivity index (χ0v) is 10.8. The molecule has 1 amide bonds. The van der Waals surface area contributed by atoms with Crippen molar-refractivity contribution in [2.75, 3.05) is 24.4 Å². The molecular weight excluding hydrogens is 236 g/mol. The van der Waals surface area contributed by atoms with Gasteiger partial charge in [0.25, 0.3) is 0 Å². The summed E-state index contributed by atoms with van der Waals surface area (Å²) in [4.78, 5) is 13.3. The Kier molecular flexibility index (Phi) is 4.02. The van der Waals surface area contributed by atoms with E-state index >= 15 is 0 Å². The number of rotatable bonds is 5. The molecule has 0 saturated heterocycles. The fourth-order valence-corrected chi connectivity index (χ4v) is 2.19. The van der Waals surface area contributed by atoms with Crippen molar-refractivity contribution < 1.29 is 4.79 Å². The summed E-state index contributed by atoms with van der Waals surface area (Å²) in [5.74, 6) is 0.864. The van der Waals surface area contributed by atoms with Crippen LogP contribution in [0.5, 0.6) is 0 Å². The lowest BCUT2D eigenvalue weighted by molar-refractivity contribution is -0.117. The quantitative estimate of drug-likeness (QED) is 0.642. The van der Waals surface area contributed by atoms with Gasteiger partial charge in [-0.1, -0.05) is 12.1 Å². The molecule has 1 aliphatic heterocycles. The monoisotopic (exact) mass is 252 g/mol. The van der Waals surface area contributed by atoms with Crippen LogP contribution in [0.15, 0.2) is 18.2 Å². The molecular formula is C13H17ClN2O. The Morgan fingerprint density at radius 1 is 1.47 bits per heavy atom. The summed E-state index contributed by atoms with van der Waals surface area (Å²) >= 11 is 5.61. The molecule has 2 rings (SSSR count). The van der Waals surface area contributed by atoms with Gasteiger partial charge in [-0.05, 0) is 30.2 Å². The van der Waals surface area contributed by atoms with E-state index in [1.165, 1.54) is 5.56 Å². The van der Waals surface area contributed by atoms with Gasteiger partial charge in [0.2, 0.25) is 5.91 Å². The van der Waals surface area contributed by atoms with Crippen LogP contribution in [-0.2, 0) is 17.8 Å². The van der Waals surface area contributed by atoms with Crippen LogP contribution in [0.2, 0.25) is 0 Å². The molecule has 0 unspecified atom stereocenters. The van der Waals surface area contributed by atoms with Gasteiger partial charge < -0.3 is 10.2 Å². The van der Waals surface area contributed by atoms with Crippen molar-refractivity contribution in [3.63, 3.8) is 0 Å². The van der Waals surface area contributed by atoms with Gasteiger partial charge in [-0.2, -0.15) is 0 Å². The molecule has 0 aromatic heterocycles. The van der Waals surface area contributed by atoms with Gasteiger partial charge >= 0.3 is 0 Å². The van der Waals surface area contributed by atoms with Gasteiger partial charge in [-0.3, -0.25) is 4.79 Å². The average Bonchev–Trinajstić information content (AvgIpc) is 2.61. The van der Waals surface area contributed by atoms with Crippen molar-refractivity contribution in [3.8, 4) is 0 Å². The number of alkyl halides is 1. The number of nitrogens with one attached hydrogen (secondary N) is 1. The Hall–Kier alpha value is -1.06. The van der Waals surface area contributed by atoms with E-state index in [1.807, 2.05) is 13.1 Å². The van der Waals surface area contributed by atoms with E-state index in [4.69, 9.17) is 11.6 Å². The van der Waals surface area contributed by atoms with Gasteiger partial charge in [0.1, 0.15) is 0 Å². The molecule has 0 bridgehead atoms. The first kappa shape index (κ1) is 12.4. The summed E-state index contributed by atoms with van der Waals surface area (Å²) in [6.45, 7) is 1.77. The largest absolute Gasteiger partial charge is 0.315 e. The number of hydrogen-bond donors (Lipinski definition) is 1. The smallest absolute Gasteiger partial charge is 0.231 e. The fourth-order valence-electron chi connectivity index (χ4n) is 2.06. The second kappa shape index (κ2) is 5.52. The average molecular weight is 253 g/mol. The third kappa shape index (κ3) is 2.79. The lowest BCUT2D eigenvalue weighted by atomic mass is 10.1. The van der Waals surface area contributed by atoms with Crippen molar-refractivity contribution in [3.05, 3.63) is 29.3 Å². The number of nitrogens with zero attached hydrogens (tertiary/aromatic N) is 1. The third-order valence-corrected chi connectivity index (χ3v) is 3.30. The first-order chi connectivity index (χ1) is 8.22. The third-order valence-electron chi connectivity index (χ3n) is 3.04. The number of carbonyl (C=O) groups is 1. The molecule has 4 heteroatoms. The van der Waals surface area contributed by atoms with E-state index in [0.717, 1.165) is 30.8 Å². The summed E-state index contributed by atoms with van der Waals surface area (Å²) in [6, 6.07) is 6.21. The molecule has 17 heavy (non-hydrogen) atoms. The summed E-state index contributed by atoms with van der Waals surface area (Å²) < 4.78 is 0. The van der Waals surface area contributed by atoms with Crippen LogP contribution in [0.25, 0.3) is 0 Å². The fraction of sp³-hybridized carbons (Fsp3) is 0.462. The molecule has 0 spiro atoms. The Morgan fingerprint density at radius 2 is 2.29 bits per heavy atom. The molecule has 0 atom stereocenters. The Bertz CT molecular complexity index is 420. The number of carbonyl (C=O) groups excluding carboxylic acids is 1. The van der Waals surface area contributed by atoms with Crippen molar-refractivity contribution in [2.24, 2.45) is 0 Å². The highest BCUT2D eigenvalue weighted by atomic mass is 35.5. The maximum absolute atomic E-state index is 11.5. The van der Waals surface area contributed by atoms with E-state index < -0.39 is 0 Å². The number of hydrogen-bond acceptors (Lipinski definition) is 2. The van der Waals surface area contributed by atoms with Gasteiger partial charge in [-0.25, -0.2) is 0 Å². The first-order valence-electron chi connectivity index (χ1n) is 5.87. The molecule has 3 nitrogen and oxygen atoms in total. The second-order valence-corrected chi connectivity index (χ2v) is 4.69. The SMILES string of the molecule is CN1C(=O)Cc2cc(CNCCCCl)ccc21. The van der Waals surface area contributed by atoms with Crippen LogP contribution < -0.4 is 10.2 Å². The normalized spacial score (nSPS) is 14.2. The van der Waals surface area contributed by atoms with E-state index in [2.05, 4.69) is 17.4 Å². The minimum atomic E-state index is 0.173. The van der Waals surface area contributed by atoms with E-state index in [1.54, 1.807) is 4.90 Å². The zero-order chi connectivity index (χ0) is 12.3. The molecule has 1 aromatic rings. The van der Waals surface area contributed by atoms with Crippen molar-refractivity contribution in [2.45, 2.75) is 19.4 Å². The van der Waals surface area contributed by atoms with Crippen LogP contribution in [0.3, 0.4) is 0 Å². The highest BCUT2D eigenvalue weighted by Crippen LogP contribution is 2.28. The van der Waals surface area contributed by atoms with Crippen LogP contribution in [0, 0.1) is 0 Å². The van der Waals surface area contributed by atoms with Crippen LogP contribution in [0.4, 0.5) is 5.69 Å². The Balaban J connectivity index is 1.98. The molecule has 1 aliphatic rings. The van der Waals surface area contributed by atoms with E-state index in [-0.39, 0.29) is 5.91 Å². The molecule has 0 radical (unpaired) electrons. The topological polar surface area (TPSA) is 32.3 Å². The van der Waals surface area contributed by atoms with Gasteiger partial charge in [0.15, 0.2) is 0 Å². The summed E-state index contributed by atoms with van der Waals surface area (Å²) in [5, 5.41) is 3.33. The zero-order valence-electron chi connectivity index (χ0n) is 10.0. The van der Waals surface area contributed by atoms with Gasteiger partial charge in [0, 0.05) is 25.2 Å². The number of halogens is 1. The number of likely N-dealkylation sites (N-methyl/N-ethyl adjacent to an activating group) is 1. The lowest BCUT2D eigenvalue weighted by Crippen LogP contribution is -2.20. The molecule has 1 N–H and O–H groups in total. The highest BCUT2D eigenvalue weighted by Gasteiger charge is 2.23. The molecule has 1 aromatic carbocycles. The second-order valence-electron chi connectivity index (χ2n) is 4.31. The lowest BCUT2D eigenvalue weighted by Gasteiger charge is -2.10. The minimum Gasteiger partial charge on any atom is -0.315 e. The molecule has 92 valence electrons. The van der Waals surface area contributed by atoms with E-state index in [9.17, 15) is 4.79 Å². The van der Waals surface area contributed by atoms with Crippen molar-refractivity contribution >= 4 is 23.2 Å². The highest BCUT2D eigenvalue weighted by molar-refractivity contribution is 6.17. The van der Waals surface area contributed by atoms with Crippen LogP contribution in [0.1, 0.15) is 17.5 Å². The van der Waals surface area contributed by atoms with Crippen molar-refractivity contribution in [1.82, 2.24) is 5.32 Å². The Labute approximate surface area is 107 Å². The maximum atomic E-state index is 11.5. The first-order valence-corrected chi connectivity index (χ1v) is 6.41. The predicted octanol–water partition coefficient (Wildman–Crippen LogP) is 1.92. The number of anilines is 1. The summed E-state index contributed by atoms with van der Waals surface area (Å²) in [5.41, 5.74) is 3.40. The summed E-state index contributed by atoms with van der Waals surface area (Å²) in [6.07, 6.45) is 1.51. The van der Waals surface area contributed by atoms with Gasteiger partial charge in [-0.15, -0.1) is 11.6 Å². The number of amides is 1. The maximum Gasteiger partial charge on any atom is 0.231 e. The van der Waals surface area contributed by atoms with Gasteiger partial charge in [0.05, 0.1) is 6.42 Å². The van der Waals surface area contributed by atoms with Crippen LogP contribution in [-0.4, -0.2) is 25.4 Å². The number of benzene rings is 1. The summed E-state index contributed by atoms with van der Waals surface area (Å²) in [7, 11) is 1.83. The van der Waals surface area contributed by atoms with E-state index in [0.29, 0.717) is 12.3 Å². The standard InChI is InChI=1S/C13H17ClN2O/c1-16-12-4-3-10(9-15-6-2-5-14)7-11(12)8-13(16)17/h3-4,7,15H,2,5-6,8-9H2,1H3.